The van der Waals surface area contributed by atoms with Crippen molar-refractivity contribution in [3.63, 3.8) is 0 Å². The molecule has 0 saturated carbocycles. The molecule has 0 spiro atoms. The first kappa shape index (κ1) is 24.1. The molecule has 0 aliphatic carbocycles. The summed E-state index contributed by atoms with van der Waals surface area (Å²) in [5.74, 6) is -0.658. The maximum Gasteiger partial charge on any atom is 0.271 e. The summed E-state index contributed by atoms with van der Waals surface area (Å²) in [5.41, 5.74) is 6.62. The molecule has 0 aliphatic rings. The molecule has 2 heterocycles. The lowest BCUT2D eigenvalue weighted by atomic mass is 10.1. The fourth-order valence-corrected chi connectivity index (χ4v) is 4.45. The van der Waals surface area contributed by atoms with Gasteiger partial charge in [-0.3, -0.25) is 9.59 Å². The standard InChI is InChI=1S/C28H24ClN5O3/c29-23-13-18(9-10-26(23)35)28(37)33-32-15-20-16-34(25-8-4-2-6-22(20)25)17-27(36)30-12-11-19-14-31-24-7-3-1-5-21(19)24/h1-10,13-16,31,35H,11-12,17H2,(H,30,36)(H,33,37). The van der Waals surface area contributed by atoms with E-state index in [1.54, 1.807) is 0 Å². The molecule has 37 heavy (non-hydrogen) atoms. The molecule has 3 aromatic carbocycles. The SMILES string of the molecule is O=C(Cn1cc(C=NNC(=O)c2ccc(O)c(Cl)c2)c2ccccc21)NCCc1c[nH]c2ccccc12. The highest BCUT2D eigenvalue weighted by Crippen LogP contribution is 2.24. The molecule has 2 amide bonds. The first-order chi connectivity index (χ1) is 18.0. The Morgan fingerprint density at radius 2 is 1.84 bits per heavy atom. The Labute approximate surface area is 217 Å². The summed E-state index contributed by atoms with van der Waals surface area (Å²) >= 11 is 5.87. The summed E-state index contributed by atoms with van der Waals surface area (Å²) in [7, 11) is 0. The summed E-state index contributed by atoms with van der Waals surface area (Å²) in [6, 6.07) is 19.9. The van der Waals surface area contributed by atoms with Crippen molar-refractivity contribution in [2.45, 2.75) is 13.0 Å². The van der Waals surface area contributed by atoms with Crippen LogP contribution in [-0.4, -0.2) is 39.2 Å². The number of carbonyl (C=O) groups is 2. The van der Waals surface area contributed by atoms with Crippen molar-refractivity contribution in [1.29, 1.82) is 0 Å². The minimum atomic E-state index is -0.462. The fraction of sp³-hybridized carbons (Fsp3) is 0.107. The van der Waals surface area contributed by atoms with Gasteiger partial charge in [-0.05, 0) is 42.3 Å². The Morgan fingerprint density at radius 1 is 1.05 bits per heavy atom. The van der Waals surface area contributed by atoms with E-state index in [4.69, 9.17) is 11.6 Å². The molecular weight excluding hydrogens is 490 g/mol. The number of aromatic nitrogens is 2. The molecular formula is C28H24ClN5O3. The van der Waals surface area contributed by atoms with Crippen molar-refractivity contribution in [2.75, 3.05) is 6.54 Å². The minimum absolute atomic E-state index is 0.0828. The van der Waals surface area contributed by atoms with Crippen LogP contribution >= 0.6 is 11.6 Å². The highest BCUT2D eigenvalue weighted by Gasteiger charge is 2.11. The average molecular weight is 514 g/mol. The highest BCUT2D eigenvalue weighted by atomic mass is 35.5. The Hall–Kier alpha value is -4.56. The number of phenols is 1. The van der Waals surface area contributed by atoms with E-state index < -0.39 is 5.91 Å². The third-order valence-corrected chi connectivity index (χ3v) is 6.41. The number of halogens is 1. The summed E-state index contributed by atoms with van der Waals surface area (Å²) in [6.45, 7) is 0.683. The molecule has 0 bridgehead atoms. The molecule has 0 aliphatic heterocycles. The Morgan fingerprint density at radius 3 is 2.68 bits per heavy atom. The van der Waals surface area contributed by atoms with Crippen LogP contribution in [0.25, 0.3) is 21.8 Å². The van der Waals surface area contributed by atoms with Crippen molar-refractivity contribution in [3.8, 4) is 5.75 Å². The summed E-state index contributed by atoms with van der Waals surface area (Å²) in [4.78, 5) is 28.3. The lowest BCUT2D eigenvalue weighted by Crippen LogP contribution is -2.29. The fourth-order valence-electron chi connectivity index (χ4n) is 4.27. The maximum absolute atomic E-state index is 12.7. The number of hydrazone groups is 1. The van der Waals surface area contributed by atoms with E-state index in [1.807, 2.05) is 59.4 Å². The van der Waals surface area contributed by atoms with Gasteiger partial charge in [-0.1, -0.05) is 48.0 Å². The summed E-state index contributed by atoms with van der Waals surface area (Å²) in [5, 5.41) is 18.7. The molecule has 186 valence electrons. The zero-order valence-electron chi connectivity index (χ0n) is 19.7. The zero-order valence-corrected chi connectivity index (χ0v) is 20.5. The number of para-hydroxylation sites is 2. The first-order valence-corrected chi connectivity index (χ1v) is 12.1. The average Bonchev–Trinajstić information content (AvgIpc) is 3.47. The second-order valence-electron chi connectivity index (χ2n) is 8.55. The number of nitrogens with one attached hydrogen (secondary N) is 3. The maximum atomic E-state index is 12.7. The molecule has 0 unspecified atom stereocenters. The van der Waals surface area contributed by atoms with Crippen molar-refractivity contribution < 1.29 is 14.7 Å². The normalized spacial score (nSPS) is 11.4. The number of hydrogen-bond acceptors (Lipinski definition) is 4. The number of fused-ring (bicyclic) bond motifs is 2. The molecule has 0 saturated heterocycles. The monoisotopic (exact) mass is 513 g/mol. The molecule has 0 radical (unpaired) electrons. The van der Waals surface area contributed by atoms with Gasteiger partial charge in [0.25, 0.3) is 5.91 Å². The van der Waals surface area contributed by atoms with Gasteiger partial charge in [0.1, 0.15) is 12.3 Å². The predicted molar refractivity (Wildman–Crippen MR) is 145 cm³/mol. The lowest BCUT2D eigenvalue weighted by Gasteiger charge is -2.07. The molecule has 4 N–H and O–H groups in total. The van der Waals surface area contributed by atoms with Crippen molar-refractivity contribution in [3.05, 3.63) is 101 Å². The van der Waals surface area contributed by atoms with Gasteiger partial charge in [0.15, 0.2) is 0 Å². The number of hydrogen-bond donors (Lipinski definition) is 4. The minimum Gasteiger partial charge on any atom is -0.506 e. The molecule has 0 fully saturated rings. The number of rotatable bonds is 8. The number of benzene rings is 3. The molecule has 0 atom stereocenters. The predicted octanol–water partition coefficient (Wildman–Crippen LogP) is 4.60. The first-order valence-electron chi connectivity index (χ1n) is 11.7. The molecule has 5 rings (SSSR count). The van der Waals surface area contributed by atoms with Gasteiger partial charge >= 0.3 is 0 Å². The second-order valence-corrected chi connectivity index (χ2v) is 8.96. The van der Waals surface area contributed by atoms with Crippen LogP contribution in [-0.2, 0) is 17.8 Å². The van der Waals surface area contributed by atoms with E-state index in [9.17, 15) is 14.7 Å². The number of aromatic amines is 1. The summed E-state index contributed by atoms with van der Waals surface area (Å²) in [6.07, 6.45) is 6.08. The lowest BCUT2D eigenvalue weighted by molar-refractivity contribution is -0.121. The van der Waals surface area contributed by atoms with Gasteiger partial charge in [0, 0.05) is 51.9 Å². The van der Waals surface area contributed by atoms with Crippen LogP contribution in [0.3, 0.4) is 0 Å². The van der Waals surface area contributed by atoms with Gasteiger partial charge in [0.05, 0.1) is 11.2 Å². The smallest absolute Gasteiger partial charge is 0.271 e. The van der Waals surface area contributed by atoms with Crippen LogP contribution in [0.4, 0.5) is 0 Å². The number of aromatic hydroxyl groups is 1. The van der Waals surface area contributed by atoms with Crippen LogP contribution < -0.4 is 10.7 Å². The van der Waals surface area contributed by atoms with Crippen LogP contribution in [0.15, 0.2) is 84.2 Å². The topological polar surface area (TPSA) is 112 Å². The van der Waals surface area contributed by atoms with Gasteiger partial charge in [0.2, 0.25) is 5.91 Å². The van der Waals surface area contributed by atoms with Gasteiger partial charge in [-0.15, -0.1) is 0 Å². The van der Waals surface area contributed by atoms with Crippen molar-refractivity contribution in [2.24, 2.45) is 5.10 Å². The van der Waals surface area contributed by atoms with E-state index in [2.05, 4.69) is 26.9 Å². The Balaban J connectivity index is 1.23. The van der Waals surface area contributed by atoms with Crippen LogP contribution in [0.2, 0.25) is 5.02 Å². The number of amides is 2. The van der Waals surface area contributed by atoms with Gasteiger partial charge in [-0.25, -0.2) is 5.43 Å². The van der Waals surface area contributed by atoms with E-state index >= 15 is 0 Å². The van der Waals surface area contributed by atoms with Crippen molar-refractivity contribution >= 4 is 51.4 Å². The molecule has 9 heteroatoms. The Bertz CT molecular complexity index is 1640. The largest absolute Gasteiger partial charge is 0.506 e. The molecule has 2 aromatic heterocycles. The highest BCUT2D eigenvalue weighted by molar-refractivity contribution is 6.32. The van der Waals surface area contributed by atoms with E-state index in [0.717, 1.165) is 39.4 Å². The Kier molecular flexibility index (Phi) is 6.91. The number of carbonyl (C=O) groups excluding carboxylic acids is 2. The van der Waals surface area contributed by atoms with Crippen LogP contribution in [0, 0.1) is 0 Å². The molecule has 8 nitrogen and oxygen atoms in total. The van der Waals surface area contributed by atoms with Gasteiger partial charge < -0.3 is 20.0 Å². The van der Waals surface area contributed by atoms with Crippen LogP contribution in [0.1, 0.15) is 21.5 Å². The third-order valence-electron chi connectivity index (χ3n) is 6.10. The third kappa shape index (κ3) is 5.34. The summed E-state index contributed by atoms with van der Waals surface area (Å²) < 4.78 is 1.86. The second kappa shape index (κ2) is 10.6. The number of nitrogens with zero attached hydrogens (tertiary/aromatic N) is 2. The van der Waals surface area contributed by atoms with Crippen LogP contribution in [0.5, 0.6) is 5.75 Å². The van der Waals surface area contributed by atoms with E-state index in [0.29, 0.717) is 6.54 Å². The molecule has 5 aromatic rings. The number of H-pyrrole nitrogens is 1. The quantitative estimate of drug-likeness (QED) is 0.180. The van der Waals surface area contributed by atoms with E-state index in [-0.39, 0.29) is 28.8 Å². The zero-order chi connectivity index (χ0) is 25.8. The van der Waals surface area contributed by atoms with Gasteiger partial charge in [-0.2, -0.15) is 5.10 Å². The van der Waals surface area contributed by atoms with Crippen molar-refractivity contribution in [1.82, 2.24) is 20.3 Å². The van der Waals surface area contributed by atoms with E-state index in [1.165, 1.54) is 24.4 Å². The number of phenolic OH excluding ortho intramolecular Hbond substituents is 1.